The van der Waals surface area contributed by atoms with Crippen molar-refractivity contribution in [2.24, 2.45) is 5.92 Å². The molecule has 1 rings (SSSR count). The highest BCUT2D eigenvalue weighted by Crippen LogP contribution is 1.93. The van der Waals surface area contributed by atoms with Crippen LogP contribution in [0.2, 0.25) is 0 Å². The number of H-pyrrole nitrogens is 1. The molecule has 0 saturated carbocycles. The lowest BCUT2D eigenvalue weighted by Crippen LogP contribution is -1.77. The van der Waals surface area contributed by atoms with Gasteiger partial charge in [-0.1, -0.05) is 27.2 Å². The van der Waals surface area contributed by atoms with Crippen molar-refractivity contribution in [2.75, 3.05) is 0 Å². The fourth-order valence-electron chi connectivity index (χ4n) is 0.167. The molecule has 0 unspecified atom stereocenters. The fraction of sp³-hybridized carbons (Fsp3) is 0.714. The molecule has 0 fully saturated rings. The minimum atomic E-state index is 0.884. The molecule has 58 valence electrons. The van der Waals surface area contributed by atoms with Crippen LogP contribution in [0.25, 0.3) is 0 Å². The van der Waals surface area contributed by atoms with Crippen molar-refractivity contribution in [3.05, 3.63) is 12.7 Å². The molecule has 0 spiro atoms. The van der Waals surface area contributed by atoms with E-state index in [4.69, 9.17) is 0 Å². The van der Waals surface area contributed by atoms with Gasteiger partial charge >= 0.3 is 0 Å². The van der Waals surface area contributed by atoms with Gasteiger partial charge in [-0.15, -0.1) is 0 Å². The number of rotatable bonds is 1. The minimum absolute atomic E-state index is 0.884. The number of nitrogens with one attached hydrogen (secondary N) is 1. The second kappa shape index (κ2) is 6.26. The Morgan fingerprint density at radius 2 is 2.10 bits per heavy atom. The first kappa shape index (κ1) is 9.14. The van der Waals surface area contributed by atoms with Crippen molar-refractivity contribution in [2.45, 2.75) is 27.2 Å². The molecule has 1 aromatic rings. The molecule has 1 heterocycles. The normalized spacial score (nSPS) is 8.80. The van der Waals surface area contributed by atoms with Crippen LogP contribution in [-0.2, 0) is 0 Å². The van der Waals surface area contributed by atoms with E-state index in [0.29, 0.717) is 0 Å². The Kier molecular flexibility index (Phi) is 5.72. The molecular weight excluding hydrogens is 126 g/mol. The molecule has 0 aromatic carbocycles. The van der Waals surface area contributed by atoms with Crippen LogP contribution >= 0.6 is 0 Å². The van der Waals surface area contributed by atoms with Gasteiger partial charge < -0.3 is 0 Å². The molecule has 0 aliphatic heterocycles. The van der Waals surface area contributed by atoms with Crippen molar-refractivity contribution >= 4 is 0 Å². The van der Waals surface area contributed by atoms with Crippen LogP contribution in [0, 0.1) is 5.92 Å². The summed E-state index contributed by atoms with van der Waals surface area (Å²) in [5.74, 6) is 0.884. The standard InChI is InChI=1S/C5H12.C2H3N3/c1-4-5(2)3;1-3-2-5-4-1/h5H,4H2,1-3H3;1-2H,(H,3,4,5). The molecule has 0 aliphatic rings. The van der Waals surface area contributed by atoms with E-state index in [1.165, 1.54) is 19.1 Å². The Balaban J connectivity index is 0.000000162. The van der Waals surface area contributed by atoms with Gasteiger partial charge in [-0.25, -0.2) is 4.98 Å². The molecule has 3 nitrogen and oxygen atoms in total. The van der Waals surface area contributed by atoms with E-state index in [2.05, 4.69) is 36.0 Å². The van der Waals surface area contributed by atoms with Gasteiger partial charge in [-0.3, -0.25) is 5.10 Å². The highest BCUT2D eigenvalue weighted by molar-refractivity contribution is 4.43. The molecule has 0 atom stereocenters. The number of aromatic nitrogens is 3. The monoisotopic (exact) mass is 141 g/mol. The minimum Gasteiger partial charge on any atom is -0.266 e. The summed E-state index contributed by atoms with van der Waals surface area (Å²) < 4.78 is 0. The van der Waals surface area contributed by atoms with Crippen LogP contribution in [0.1, 0.15) is 27.2 Å². The first-order chi connectivity index (χ1) is 4.77. The Morgan fingerprint density at radius 3 is 2.20 bits per heavy atom. The van der Waals surface area contributed by atoms with E-state index in [0.717, 1.165) is 5.92 Å². The molecule has 1 aromatic heterocycles. The van der Waals surface area contributed by atoms with Gasteiger partial charge in [0, 0.05) is 0 Å². The van der Waals surface area contributed by atoms with Crippen molar-refractivity contribution < 1.29 is 0 Å². The van der Waals surface area contributed by atoms with Crippen molar-refractivity contribution in [3.63, 3.8) is 0 Å². The number of aromatic amines is 1. The second-order valence-corrected chi connectivity index (χ2v) is 2.45. The Hall–Kier alpha value is -0.860. The first-order valence-corrected chi connectivity index (χ1v) is 3.56. The lowest BCUT2D eigenvalue weighted by atomic mass is 10.2. The van der Waals surface area contributed by atoms with Gasteiger partial charge in [0.25, 0.3) is 0 Å². The Bertz CT molecular complexity index is 106. The molecule has 0 bridgehead atoms. The number of hydrogen-bond acceptors (Lipinski definition) is 2. The highest BCUT2D eigenvalue weighted by Gasteiger charge is 1.80. The third-order valence-electron chi connectivity index (χ3n) is 1.15. The summed E-state index contributed by atoms with van der Waals surface area (Å²) in [4.78, 5) is 3.56. The largest absolute Gasteiger partial charge is 0.266 e. The summed E-state index contributed by atoms with van der Waals surface area (Å²) in [6.07, 6.45) is 4.26. The number of hydrogen-bond donors (Lipinski definition) is 1. The molecule has 0 saturated heterocycles. The topological polar surface area (TPSA) is 41.6 Å². The third kappa shape index (κ3) is 7.14. The second-order valence-electron chi connectivity index (χ2n) is 2.45. The maximum absolute atomic E-state index is 3.56. The number of nitrogens with zero attached hydrogens (tertiary/aromatic N) is 2. The van der Waals surface area contributed by atoms with E-state index in [1.807, 2.05) is 0 Å². The molecule has 1 N–H and O–H groups in total. The average Bonchev–Trinajstić information content (AvgIpc) is 2.43. The van der Waals surface area contributed by atoms with Crippen LogP contribution in [0.15, 0.2) is 12.7 Å². The van der Waals surface area contributed by atoms with E-state index < -0.39 is 0 Å². The zero-order chi connectivity index (χ0) is 7.82. The maximum Gasteiger partial charge on any atom is 0.137 e. The van der Waals surface area contributed by atoms with Gasteiger partial charge in [0.2, 0.25) is 0 Å². The van der Waals surface area contributed by atoms with Crippen molar-refractivity contribution in [1.29, 1.82) is 0 Å². The van der Waals surface area contributed by atoms with E-state index >= 15 is 0 Å². The zero-order valence-electron chi connectivity index (χ0n) is 6.83. The van der Waals surface area contributed by atoms with Gasteiger partial charge in [0.1, 0.15) is 12.7 Å². The molecule has 0 aliphatic carbocycles. The van der Waals surface area contributed by atoms with Crippen LogP contribution in [0.5, 0.6) is 0 Å². The van der Waals surface area contributed by atoms with Crippen molar-refractivity contribution in [1.82, 2.24) is 15.2 Å². The molecule has 0 amide bonds. The van der Waals surface area contributed by atoms with E-state index in [-0.39, 0.29) is 0 Å². The SMILES string of the molecule is CCC(C)C.c1nc[nH]n1. The summed E-state index contributed by atoms with van der Waals surface area (Å²) in [6, 6.07) is 0. The predicted octanol–water partition coefficient (Wildman–Crippen LogP) is 1.86. The summed E-state index contributed by atoms with van der Waals surface area (Å²) in [7, 11) is 0. The quantitative estimate of drug-likeness (QED) is 0.648. The molecule has 10 heavy (non-hydrogen) atoms. The Labute approximate surface area is 61.9 Å². The maximum atomic E-state index is 3.56. The first-order valence-electron chi connectivity index (χ1n) is 3.56. The fourth-order valence-corrected chi connectivity index (χ4v) is 0.167. The van der Waals surface area contributed by atoms with Gasteiger partial charge in [-0.05, 0) is 5.92 Å². The van der Waals surface area contributed by atoms with Crippen molar-refractivity contribution in [3.8, 4) is 0 Å². The van der Waals surface area contributed by atoms with Crippen LogP contribution in [-0.4, -0.2) is 15.2 Å². The summed E-state index contributed by atoms with van der Waals surface area (Å²) >= 11 is 0. The van der Waals surface area contributed by atoms with Crippen LogP contribution < -0.4 is 0 Å². The summed E-state index contributed by atoms with van der Waals surface area (Å²) in [5, 5.41) is 5.99. The van der Waals surface area contributed by atoms with E-state index in [9.17, 15) is 0 Å². The van der Waals surface area contributed by atoms with Gasteiger partial charge in [0.05, 0.1) is 0 Å². The summed E-state index contributed by atoms with van der Waals surface area (Å²) in [5.41, 5.74) is 0. The smallest absolute Gasteiger partial charge is 0.137 e. The molecular formula is C7H15N3. The summed E-state index contributed by atoms with van der Waals surface area (Å²) in [6.45, 7) is 6.64. The molecule has 3 heteroatoms. The van der Waals surface area contributed by atoms with Crippen LogP contribution in [0.3, 0.4) is 0 Å². The molecule has 0 radical (unpaired) electrons. The predicted molar refractivity (Wildman–Crippen MR) is 41.5 cm³/mol. The average molecular weight is 141 g/mol. The highest BCUT2D eigenvalue weighted by atomic mass is 15.2. The lowest BCUT2D eigenvalue weighted by molar-refractivity contribution is 0.626. The van der Waals surface area contributed by atoms with Gasteiger partial charge in [-0.2, -0.15) is 5.10 Å². The Morgan fingerprint density at radius 1 is 1.50 bits per heavy atom. The lowest BCUT2D eigenvalue weighted by Gasteiger charge is -1.90. The zero-order valence-corrected chi connectivity index (χ0v) is 6.83. The van der Waals surface area contributed by atoms with E-state index in [1.54, 1.807) is 0 Å². The third-order valence-corrected chi connectivity index (χ3v) is 1.15. The van der Waals surface area contributed by atoms with Crippen LogP contribution in [0.4, 0.5) is 0 Å². The van der Waals surface area contributed by atoms with Gasteiger partial charge in [0.15, 0.2) is 0 Å².